The highest BCUT2D eigenvalue weighted by Crippen LogP contribution is 2.31. The van der Waals surface area contributed by atoms with Gasteiger partial charge in [0.25, 0.3) is 5.91 Å². The van der Waals surface area contributed by atoms with E-state index in [2.05, 4.69) is 25.9 Å². The molecule has 0 aliphatic carbocycles. The van der Waals surface area contributed by atoms with E-state index in [4.69, 9.17) is 0 Å². The molecular weight excluding hydrogens is 314 g/mol. The Hall–Kier alpha value is -2.61. The van der Waals surface area contributed by atoms with E-state index in [-0.39, 0.29) is 11.8 Å². The average Bonchev–Trinajstić information content (AvgIpc) is 2.58. The van der Waals surface area contributed by atoms with Crippen LogP contribution in [-0.4, -0.2) is 40.6 Å². The van der Waals surface area contributed by atoms with Gasteiger partial charge in [0, 0.05) is 35.9 Å². The normalized spacial score (nSPS) is 13.0. The van der Waals surface area contributed by atoms with Gasteiger partial charge in [-0.15, -0.1) is 11.8 Å². The molecule has 3 N–H and O–H groups in total. The van der Waals surface area contributed by atoms with E-state index in [0.29, 0.717) is 35.9 Å². The molecule has 1 aliphatic rings. The summed E-state index contributed by atoms with van der Waals surface area (Å²) in [6.45, 7) is 0.996. The highest BCUT2D eigenvalue weighted by atomic mass is 32.2. The third-order valence-corrected chi connectivity index (χ3v) is 4.23. The smallest absolute Gasteiger partial charge is 0.251 e. The number of fused-ring (bicyclic) bond motifs is 1. The first-order valence-corrected chi connectivity index (χ1v) is 8.06. The van der Waals surface area contributed by atoms with Crippen LogP contribution in [0.4, 0.5) is 11.5 Å². The third kappa shape index (κ3) is 3.98. The molecule has 1 aromatic heterocycles. The lowest BCUT2D eigenvalue weighted by Gasteiger charge is -2.17. The van der Waals surface area contributed by atoms with Crippen LogP contribution >= 0.6 is 11.8 Å². The number of hydrogen-bond donors (Lipinski definition) is 3. The summed E-state index contributed by atoms with van der Waals surface area (Å²) in [6.07, 6.45) is 4.81. The quantitative estimate of drug-likeness (QED) is 0.717. The minimum absolute atomic E-state index is 0.0479. The second-order valence-corrected chi connectivity index (χ2v) is 5.84. The van der Waals surface area contributed by atoms with Gasteiger partial charge in [0.2, 0.25) is 5.91 Å². The first-order valence-electron chi connectivity index (χ1n) is 7.07. The van der Waals surface area contributed by atoms with Crippen molar-refractivity contribution in [2.45, 2.75) is 4.90 Å². The fraction of sp³-hybridized carbons (Fsp3) is 0.200. The van der Waals surface area contributed by atoms with Gasteiger partial charge in [-0.25, -0.2) is 4.98 Å². The van der Waals surface area contributed by atoms with E-state index in [1.165, 1.54) is 11.8 Å². The summed E-state index contributed by atoms with van der Waals surface area (Å²) >= 11 is 1.47. The molecular formula is C15H15N5O2S. The second kappa shape index (κ2) is 7.10. The van der Waals surface area contributed by atoms with E-state index in [1.807, 2.05) is 6.07 Å². The maximum atomic E-state index is 12.1. The first-order chi connectivity index (χ1) is 11.2. The Morgan fingerprint density at radius 1 is 1.30 bits per heavy atom. The minimum atomic E-state index is -0.182. The van der Waals surface area contributed by atoms with Crippen LogP contribution in [0.3, 0.4) is 0 Å². The fourth-order valence-electron chi connectivity index (χ4n) is 2.08. The molecule has 2 amide bonds. The van der Waals surface area contributed by atoms with Crippen molar-refractivity contribution in [1.82, 2.24) is 15.3 Å². The maximum Gasteiger partial charge on any atom is 0.251 e. The number of hydrogen-bond acceptors (Lipinski definition) is 6. The van der Waals surface area contributed by atoms with Gasteiger partial charge < -0.3 is 16.0 Å². The largest absolute Gasteiger partial charge is 0.367 e. The molecule has 2 heterocycles. The molecule has 2 aromatic rings. The molecule has 0 fully saturated rings. The van der Waals surface area contributed by atoms with Gasteiger partial charge in [-0.3, -0.25) is 14.6 Å². The van der Waals surface area contributed by atoms with E-state index < -0.39 is 0 Å². The fourth-order valence-corrected chi connectivity index (χ4v) is 2.87. The molecule has 1 aliphatic heterocycles. The maximum absolute atomic E-state index is 12.1. The Morgan fingerprint density at radius 2 is 2.22 bits per heavy atom. The van der Waals surface area contributed by atoms with Gasteiger partial charge in [0.15, 0.2) is 0 Å². The van der Waals surface area contributed by atoms with Crippen LogP contribution in [0.25, 0.3) is 0 Å². The lowest BCUT2D eigenvalue weighted by atomic mass is 10.2. The Bertz CT molecular complexity index is 723. The van der Waals surface area contributed by atoms with Crippen LogP contribution in [0.15, 0.2) is 41.7 Å². The average molecular weight is 329 g/mol. The lowest BCUT2D eigenvalue weighted by molar-refractivity contribution is -0.113. The van der Waals surface area contributed by atoms with Crippen molar-refractivity contribution in [3.8, 4) is 0 Å². The number of carbonyl (C=O) groups is 2. The van der Waals surface area contributed by atoms with Crippen molar-refractivity contribution >= 4 is 35.1 Å². The number of rotatable bonds is 5. The number of thioether (sulfide) groups is 1. The summed E-state index contributed by atoms with van der Waals surface area (Å²) in [5.41, 5.74) is 1.21. The molecule has 23 heavy (non-hydrogen) atoms. The summed E-state index contributed by atoms with van der Waals surface area (Å²) in [4.78, 5) is 32.5. The molecule has 8 heteroatoms. The number of nitrogens with one attached hydrogen (secondary N) is 3. The van der Waals surface area contributed by atoms with Gasteiger partial charge in [-0.05, 0) is 18.2 Å². The van der Waals surface area contributed by atoms with E-state index >= 15 is 0 Å². The molecule has 0 radical (unpaired) electrons. The lowest BCUT2D eigenvalue weighted by Crippen LogP contribution is -2.29. The number of amides is 2. The highest BCUT2D eigenvalue weighted by molar-refractivity contribution is 8.00. The standard InChI is InChI=1S/C15H15N5O2S/c21-14-9-23-12-2-1-10(7-11(12)20-14)15(22)19-6-5-18-13-8-16-3-4-17-13/h1-4,7-8H,5-6,9H2,(H,17,18)(H,19,22)(H,20,21). The zero-order valence-corrected chi connectivity index (χ0v) is 13.0. The van der Waals surface area contributed by atoms with Crippen LogP contribution in [0, 0.1) is 0 Å². The number of anilines is 2. The predicted molar refractivity (Wildman–Crippen MR) is 88.7 cm³/mol. The van der Waals surface area contributed by atoms with E-state index in [0.717, 1.165) is 4.90 Å². The molecule has 1 aromatic carbocycles. The molecule has 0 bridgehead atoms. The number of carbonyl (C=O) groups excluding carboxylic acids is 2. The van der Waals surface area contributed by atoms with Gasteiger partial charge >= 0.3 is 0 Å². The Morgan fingerprint density at radius 3 is 3.04 bits per heavy atom. The Balaban J connectivity index is 1.52. The molecule has 0 saturated heterocycles. The molecule has 118 valence electrons. The summed E-state index contributed by atoms with van der Waals surface area (Å²) in [5, 5.41) is 8.65. The highest BCUT2D eigenvalue weighted by Gasteiger charge is 2.17. The summed E-state index contributed by atoms with van der Waals surface area (Å²) in [7, 11) is 0. The van der Waals surface area contributed by atoms with Gasteiger partial charge in [0.05, 0.1) is 17.6 Å². The molecule has 7 nitrogen and oxygen atoms in total. The predicted octanol–water partition coefficient (Wildman–Crippen LogP) is 1.36. The Labute approximate surface area is 137 Å². The van der Waals surface area contributed by atoms with Crippen LogP contribution in [0.5, 0.6) is 0 Å². The van der Waals surface area contributed by atoms with Crippen molar-refractivity contribution in [2.75, 3.05) is 29.5 Å². The number of aromatic nitrogens is 2. The van der Waals surface area contributed by atoms with Gasteiger partial charge in [-0.2, -0.15) is 0 Å². The second-order valence-electron chi connectivity index (χ2n) is 4.82. The van der Waals surface area contributed by atoms with Crippen molar-refractivity contribution in [1.29, 1.82) is 0 Å². The molecule has 0 saturated carbocycles. The zero-order valence-electron chi connectivity index (χ0n) is 12.2. The topological polar surface area (TPSA) is 96.0 Å². The molecule has 0 unspecified atom stereocenters. The summed E-state index contributed by atoms with van der Waals surface area (Å²) in [5.74, 6) is 0.842. The van der Waals surface area contributed by atoms with Crippen LogP contribution in [-0.2, 0) is 4.79 Å². The van der Waals surface area contributed by atoms with Crippen molar-refractivity contribution in [2.24, 2.45) is 0 Å². The van der Waals surface area contributed by atoms with Crippen molar-refractivity contribution < 1.29 is 9.59 Å². The van der Waals surface area contributed by atoms with Crippen molar-refractivity contribution in [3.63, 3.8) is 0 Å². The first kappa shape index (κ1) is 15.3. The minimum Gasteiger partial charge on any atom is -0.367 e. The third-order valence-electron chi connectivity index (χ3n) is 3.15. The zero-order chi connectivity index (χ0) is 16.1. The monoisotopic (exact) mass is 329 g/mol. The molecule has 3 rings (SSSR count). The van der Waals surface area contributed by atoms with Crippen LogP contribution in [0.2, 0.25) is 0 Å². The summed E-state index contributed by atoms with van der Waals surface area (Å²) < 4.78 is 0. The van der Waals surface area contributed by atoms with Crippen LogP contribution < -0.4 is 16.0 Å². The van der Waals surface area contributed by atoms with Crippen molar-refractivity contribution in [3.05, 3.63) is 42.4 Å². The van der Waals surface area contributed by atoms with Gasteiger partial charge in [0.1, 0.15) is 5.82 Å². The number of benzene rings is 1. The molecule has 0 atom stereocenters. The SMILES string of the molecule is O=C1CSc2ccc(C(=O)NCCNc3cnccn3)cc2N1. The molecule has 0 spiro atoms. The Kier molecular flexibility index (Phi) is 4.72. The number of nitrogens with zero attached hydrogens (tertiary/aromatic N) is 2. The van der Waals surface area contributed by atoms with E-state index in [9.17, 15) is 9.59 Å². The van der Waals surface area contributed by atoms with Gasteiger partial charge in [-0.1, -0.05) is 0 Å². The van der Waals surface area contributed by atoms with Crippen LogP contribution in [0.1, 0.15) is 10.4 Å². The van der Waals surface area contributed by atoms with E-state index in [1.54, 1.807) is 30.7 Å². The summed E-state index contributed by atoms with van der Waals surface area (Å²) in [6, 6.07) is 5.31.